The van der Waals surface area contributed by atoms with E-state index in [2.05, 4.69) is 10.7 Å². The number of piperidine rings is 1. The summed E-state index contributed by atoms with van der Waals surface area (Å²) in [6, 6.07) is 0.916. The molecule has 3 rings (SSSR count). The van der Waals surface area contributed by atoms with Gasteiger partial charge in [0, 0.05) is 31.2 Å². The molecule has 0 spiro atoms. The van der Waals surface area contributed by atoms with Gasteiger partial charge in [0.15, 0.2) is 0 Å². The lowest BCUT2D eigenvalue weighted by Crippen LogP contribution is -2.51. The molecule has 1 aliphatic carbocycles. The normalized spacial score (nSPS) is 22.5. The fraction of sp³-hybridized carbons (Fsp3) is 0.636. The summed E-state index contributed by atoms with van der Waals surface area (Å²) in [5.74, 6) is 4.61. The van der Waals surface area contributed by atoms with Gasteiger partial charge in [0.05, 0.1) is 17.0 Å². The lowest BCUT2D eigenvalue weighted by atomic mass is 9.83. The Morgan fingerprint density at radius 3 is 2.00 bits per heavy atom. The molecule has 12 heteroatoms. The molecule has 1 aromatic rings. The van der Waals surface area contributed by atoms with Gasteiger partial charge >= 0.3 is 12.4 Å². The fourth-order valence-electron chi connectivity index (χ4n) is 4.72. The number of hydrogen-bond donors (Lipinski definition) is 3. The molecule has 0 radical (unpaired) electrons. The van der Waals surface area contributed by atoms with Crippen LogP contribution >= 0.6 is 0 Å². The number of nitrogens with two attached hydrogens (primary N) is 1. The van der Waals surface area contributed by atoms with Gasteiger partial charge in [0.25, 0.3) is 0 Å². The van der Waals surface area contributed by atoms with Crippen molar-refractivity contribution < 1.29 is 35.9 Å². The molecule has 1 aliphatic heterocycles. The minimum atomic E-state index is -4.99. The second-order valence-corrected chi connectivity index (χ2v) is 8.98. The average molecular weight is 494 g/mol. The van der Waals surface area contributed by atoms with E-state index in [1.807, 2.05) is 0 Å². The Bertz CT molecular complexity index is 849. The van der Waals surface area contributed by atoms with Crippen LogP contribution in [0.4, 0.5) is 32.0 Å². The van der Waals surface area contributed by atoms with Gasteiger partial charge in [-0.15, -0.1) is 0 Å². The number of halogens is 6. The number of amides is 2. The zero-order valence-electron chi connectivity index (χ0n) is 18.4. The van der Waals surface area contributed by atoms with E-state index in [1.165, 1.54) is 0 Å². The molecule has 2 aliphatic rings. The quantitative estimate of drug-likeness (QED) is 0.323. The highest BCUT2D eigenvalue weighted by Gasteiger charge is 2.38. The number of likely N-dealkylation sites (tertiary alicyclic amines) is 1. The first-order valence-corrected chi connectivity index (χ1v) is 11.2. The summed E-state index contributed by atoms with van der Waals surface area (Å²) in [4.78, 5) is 27.0. The number of benzene rings is 1. The van der Waals surface area contributed by atoms with Crippen LogP contribution in [0.2, 0.25) is 0 Å². The molecule has 34 heavy (non-hydrogen) atoms. The van der Waals surface area contributed by atoms with Crippen molar-refractivity contribution in [3.05, 3.63) is 29.3 Å². The van der Waals surface area contributed by atoms with Crippen molar-refractivity contribution in [3.63, 3.8) is 0 Å². The van der Waals surface area contributed by atoms with Gasteiger partial charge in [-0.05, 0) is 49.8 Å². The van der Waals surface area contributed by atoms with E-state index in [9.17, 15) is 35.9 Å². The molecule has 2 fully saturated rings. The molecule has 4 N–H and O–H groups in total. The van der Waals surface area contributed by atoms with Crippen LogP contribution in [0, 0.1) is 11.8 Å². The van der Waals surface area contributed by atoms with Crippen LogP contribution in [0.1, 0.15) is 56.1 Å². The molecule has 2 amide bonds. The summed E-state index contributed by atoms with van der Waals surface area (Å²) in [5, 5.41) is 2.17. The van der Waals surface area contributed by atoms with Crippen molar-refractivity contribution in [3.8, 4) is 0 Å². The molecule has 2 atom stereocenters. The predicted octanol–water partition coefficient (Wildman–Crippen LogP) is 4.31. The topological polar surface area (TPSA) is 87.5 Å². The lowest BCUT2D eigenvalue weighted by molar-refractivity contribution is -0.143. The van der Waals surface area contributed by atoms with Crippen LogP contribution in [0.25, 0.3) is 0 Å². The summed E-state index contributed by atoms with van der Waals surface area (Å²) >= 11 is 0. The second kappa shape index (κ2) is 10.5. The van der Waals surface area contributed by atoms with Crippen molar-refractivity contribution in [1.82, 2.24) is 10.3 Å². The van der Waals surface area contributed by atoms with Crippen LogP contribution in [-0.4, -0.2) is 35.8 Å². The fourth-order valence-corrected chi connectivity index (χ4v) is 4.72. The first kappa shape index (κ1) is 26.3. The standard InChI is InChI=1S/C22H28F6N4O2/c23-21(24,25)14-10-15(22(26,27)28)12-16(11-14)30-19(33)9-13-5-7-32(8-6-13)20(34)17-3-1-2-4-18(17)31-29/h10-13,17-18,31H,1-9,29H2,(H,30,33)/t17-,18-/m1/s1. The summed E-state index contributed by atoms with van der Waals surface area (Å²) in [6.07, 6.45) is -5.46. The Morgan fingerprint density at radius 1 is 0.912 bits per heavy atom. The van der Waals surface area contributed by atoms with Crippen LogP contribution in [0.15, 0.2) is 18.2 Å². The minimum Gasteiger partial charge on any atom is -0.342 e. The van der Waals surface area contributed by atoms with Crippen molar-refractivity contribution >= 4 is 17.5 Å². The maximum Gasteiger partial charge on any atom is 0.416 e. The Labute approximate surface area is 193 Å². The molecular weight excluding hydrogens is 466 g/mol. The zero-order valence-corrected chi connectivity index (χ0v) is 18.4. The molecule has 0 aromatic heterocycles. The third-order valence-electron chi connectivity index (χ3n) is 6.57. The first-order chi connectivity index (χ1) is 15.9. The number of anilines is 1. The van der Waals surface area contributed by atoms with Crippen LogP contribution in [0.3, 0.4) is 0 Å². The summed E-state index contributed by atoms with van der Waals surface area (Å²) in [7, 11) is 0. The summed E-state index contributed by atoms with van der Waals surface area (Å²) in [5.41, 5.74) is -0.818. The minimum absolute atomic E-state index is 0.0133. The zero-order chi connectivity index (χ0) is 25.1. The molecular formula is C22H28F6N4O2. The van der Waals surface area contributed by atoms with Gasteiger partial charge in [-0.3, -0.25) is 20.9 Å². The van der Waals surface area contributed by atoms with E-state index in [-0.39, 0.29) is 36.3 Å². The van der Waals surface area contributed by atoms with Crippen LogP contribution in [0.5, 0.6) is 0 Å². The van der Waals surface area contributed by atoms with Gasteiger partial charge in [0.1, 0.15) is 0 Å². The molecule has 6 nitrogen and oxygen atoms in total. The smallest absolute Gasteiger partial charge is 0.342 e. The number of rotatable bonds is 5. The highest BCUT2D eigenvalue weighted by Crippen LogP contribution is 2.37. The molecule has 1 saturated carbocycles. The van der Waals surface area contributed by atoms with Gasteiger partial charge < -0.3 is 10.2 Å². The lowest BCUT2D eigenvalue weighted by Gasteiger charge is -2.37. The van der Waals surface area contributed by atoms with Crippen LogP contribution in [-0.2, 0) is 21.9 Å². The second-order valence-electron chi connectivity index (χ2n) is 8.98. The summed E-state index contributed by atoms with van der Waals surface area (Å²) < 4.78 is 78.0. The third kappa shape index (κ3) is 6.62. The number of hydrazine groups is 1. The SMILES string of the molecule is NN[C@@H]1CCCC[C@H]1C(=O)N1CCC(CC(=O)Nc2cc(C(F)(F)F)cc(C(F)(F)F)c2)CC1. The molecule has 0 bridgehead atoms. The van der Waals surface area contributed by atoms with E-state index in [0.29, 0.717) is 38.1 Å². The predicted molar refractivity (Wildman–Crippen MR) is 112 cm³/mol. The number of carbonyl (C=O) groups excluding carboxylic acids is 2. The maximum atomic E-state index is 13.0. The van der Waals surface area contributed by atoms with Crippen LogP contribution < -0.4 is 16.6 Å². The Balaban J connectivity index is 1.57. The number of hydrogen-bond acceptors (Lipinski definition) is 4. The molecule has 1 aromatic carbocycles. The number of nitrogens with zero attached hydrogens (tertiary/aromatic N) is 1. The van der Waals surface area contributed by atoms with E-state index >= 15 is 0 Å². The largest absolute Gasteiger partial charge is 0.416 e. The number of nitrogens with one attached hydrogen (secondary N) is 2. The number of carbonyl (C=O) groups is 2. The van der Waals surface area contributed by atoms with Crippen molar-refractivity contribution in [2.45, 2.75) is 63.3 Å². The highest BCUT2D eigenvalue weighted by atomic mass is 19.4. The highest BCUT2D eigenvalue weighted by molar-refractivity contribution is 5.91. The van der Waals surface area contributed by atoms with Crippen molar-refractivity contribution in [2.75, 3.05) is 18.4 Å². The molecule has 0 unspecified atom stereocenters. The van der Waals surface area contributed by atoms with E-state index in [0.717, 1.165) is 25.7 Å². The van der Waals surface area contributed by atoms with E-state index in [1.54, 1.807) is 4.90 Å². The first-order valence-electron chi connectivity index (χ1n) is 11.2. The van der Waals surface area contributed by atoms with Gasteiger partial charge in [-0.1, -0.05) is 12.8 Å². The van der Waals surface area contributed by atoms with Crippen molar-refractivity contribution in [1.29, 1.82) is 0 Å². The Kier molecular flexibility index (Phi) is 8.12. The van der Waals surface area contributed by atoms with Gasteiger partial charge in [-0.2, -0.15) is 26.3 Å². The maximum absolute atomic E-state index is 13.0. The van der Waals surface area contributed by atoms with Gasteiger partial charge in [0.2, 0.25) is 11.8 Å². The molecule has 1 heterocycles. The number of alkyl halides is 6. The van der Waals surface area contributed by atoms with E-state index < -0.39 is 35.1 Å². The van der Waals surface area contributed by atoms with E-state index in [4.69, 9.17) is 5.84 Å². The molecule has 190 valence electrons. The summed E-state index contributed by atoms with van der Waals surface area (Å²) in [6.45, 7) is 0.874. The average Bonchev–Trinajstić information content (AvgIpc) is 2.77. The van der Waals surface area contributed by atoms with Crippen molar-refractivity contribution in [2.24, 2.45) is 17.7 Å². The third-order valence-corrected chi connectivity index (χ3v) is 6.57. The Hall–Kier alpha value is -2.34. The molecule has 1 saturated heterocycles. The van der Waals surface area contributed by atoms with Gasteiger partial charge in [-0.25, -0.2) is 0 Å². The monoisotopic (exact) mass is 494 g/mol. The Morgan fingerprint density at radius 2 is 1.47 bits per heavy atom.